The zero-order chi connectivity index (χ0) is 6.69. The van der Waals surface area contributed by atoms with Crippen LogP contribution in [0.2, 0.25) is 0 Å². The molecule has 1 rings (SSSR count). The van der Waals surface area contributed by atoms with Crippen molar-refractivity contribution >= 4 is 0 Å². The van der Waals surface area contributed by atoms with E-state index in [4.69, 9.17) is 0 Å². The molecule has 0 unspecified atom stereocenters. The van der Waals surface area contributed by atoms with Crippen LogP contribution in [-0.2, 0) is 0 Å². The van der Waals surface area contributed by atoms with Crippen molar-refractivity contribution in [2.24, 2.45) is 0 Å². The quantitative estimate of drug-likeness (QED) is 0.566. The third-order valence-corrected chi connectivity index (χ3v) is 1.34. The fraction of sp³-hybridized carbons (Fsp3) is 0.429. The Hall–Kier alpha value is -0.920. The van der Waals surface area contributed by atoms with E-state index >= 15 is 0 Å². The summed E-state index contributed by atoms with van der Waals surface area (Å²) in [5.41, 5.74) is 4.38. The molecule has 0 radical (unpaired) electrons. The minimum atomic E-state index is 1.10. The van der Waals surface area contributed by atoms with E-state index in [2.05, 4.69) is 24.6 Å². The summed E-state index contributed by atoms with van der Waals surface area (Å²) in [6.45, 7) is 2.15. The molecule has 1 heterocycles. The Bertz CT molecular complexity index is 147. The van der Waals surface area contributed by atoms with E-state index in [-0.39, 0.29) is 0 Å². The summed E-state index contributed by atoms with van der Waals surface area (Å²) in [5.74, 6) is 0. The van der Waals surface area contributed by atoms with Gasteiger partial charge in [-0.25, -0.2) is 0 Å². The summed E-state index contributed by atoms with van der Waals surface area (Å²) in [4.78, 5) is 0. The van der Waals surface area contributed by atoms with E-state index < -0.39 is 0 Å². The summed E-state index contributed by atoms with van der Waals surface area (Å²) in [7, 11) is 1.99. The standard InChI is InChI=1S/C7H12N2/c1-3-7-4-5-8-9(2)6-7/h4-6,8H,3H2,1-2H3. The normalized spacial score (nSPS) is 17.1. The number of nitrogens with one attached hydrogen (secondary N) is 1. The fourth-order valence-electron chi connectivity index (χ4n) is 0.800. The van der Waals surface area contributed by atoms with Crippen LogP contribution < -0.4 is 5.43 Å². The second-order valence-electron chi connectivity index (χ2n) is 2.13. The second-order valence-corrected chi connectivity index (χ2v) is 2.13. The second kappa shape index (κ2) is 2.58. The lowest BCUT2D eigenvalue weighted by molar-refractivity contribution is 0.378. The van der Waals surface area contributed by atoms with Crippen molar-refractivity contribution in [1.82, 2.24) is 10.4 Å². The molecule has 0 spiro atoms. The number of hydrogen-bond acceptors (Lipinski definition) is 2. The maximum Gasteiger partial charge on any atom is 0.0274 e. The lowest BCUT2D eigenvalue weighted by Crippen LogP contribution is -2.26. The Morgan fingerprint density at radius 3 is 2.89 bits per heavy atom. The van der Waals surface area contributed by atoms with Gasteiger partial charge < -0.3 is 5.43 Å². The molecule has 0 saturated carbocycles. The molecule has 0 saturated heterocycles. The van der Waals surface area contributed by atoms with Crippen LogP contribution in [0.5, 0.6) is 0 Å². The molecule has 2 nitrogen and oxygen atoms in total. The lowest BCUT2D eigenvalue weighted by atomic mass is 10.2. The molecule has 0 aromatic rings. The Morgan fingerprint density at radius 1 is 1.67 bits per heavy atom. The van der Waals surface area contributed by atoms with E-state index in [0.29, 0.717) is 0 Å². The van der Waals surface area contributed by atoms with Crippen molar-refractivity contribution < 1.29 is 0 Å². The number of hydrogen-bond donors (Lipinski definition) is 1. The van der Waals surface area contributed by atoms with Gasteiger partial charge in [0.1, 0.15) is 0 Å². The predicted octanol–water partition coefficient (Wildman–Crippen LogP) is 1.24. The van der Waals surface area contributed by atoms with Crippen molar-refractivity contribution in [3.63, 3.8) is 0 Å². The molecule has 0 aliphatic carbocycles. The molecule has 0 aromatic carbocycles. The molecular weight excluding hydrogens is 112 g/mol. The molecule has 50 valence electrons. The first kappa shape index (κ1) is 6.20. The van der Waals surface area contributed by atoms with E-state index in [1.54, 1.807) is 0 Å². The highest BCUT2D eigenvalue weighted by Gasteiger charge is 1.95. The highest BCUT2D eigenvalue weighted by Crippen LogP contribution is 2.05. The van der Waals surface area contributed by atoms with Gasteiger partial charge in [-0.2, -0.15) is 0 Å². The van der Waals surface area contributed by atoms with Gasteiger partial charge in [-0.05, 0) is 18.1 Å². The first-order chi connectivity index (χ1) is 4.33. The van der Waals surface area contributed by atoms with Crippen molar-refractivity contribution in [3.8, 4) is 0 Å². The molecule has 0 aromatic heterocycles. The molecule has 0 fully saturated rings. The first-order valence-electron chi connectivity index (χ1n) is 3.19. The largest absolute Gasteiger partial charge is 0.306 e. The Morgan fingerprint density at radius 2 is 2.44 bits per heavy atom. The van der Waals surface area contributed by atoms with Crippen LogP contribution >= 0.6 is 0 Å². The minimum absolute atomic E-state index is 1.10. The third kappa shape index (κ3) is 1.49. The van der Waals surface area contributed by atoms with Crippen LogP contribution in [0.4, 0.5) is 0 Å². The average molecular weight is 124 g/mol. The number of allylic oxidation sites excluding steroid dienone is 2. The number of rotatable bonds is 1. The summed E-state index contributed by atoms with van der Waals surface area (Å²) in [5, 5.41) is 1.94. The van der Waals surface area contributed by atoms with Crippen LogP contribution in [0.1, 0.15) is 13.3 Å². The van der Waals surface area contributed by atoms with Crippen molar-refractivity contribution in [2.45, 2.75) is 13.3 Å². The maximum absolute atomic E-state index is 3.02. The summed E-state index contributed by atoms with van der Waals surface area (Å²) in [6, 6.07) is 0. The van der Waals surface area contributed by atoms with Gasteiger partial charge in [-0.3, -0.25) is 5.01 Å². The van der Waals surface area contributed by atoms with E-state index in [1.807, 2.05) is 18.3 Å². The van der Waals surface area contributed by atoms with Gasteiger partial charge >= 0.3 is 0 Å². The monoisotopic (exact) mass is 124 g/mol. The predicted molar refractivity (Wildman–Crippen MR) is 38.4 cm³/mol. The third-order valence-electron chi connectivity index (χ3n) is 1.34. The van der Waals surface area contributed by atoms with Gasteiger partial charge in [-0.15, -0.1) is 0 Å². The van der Waals surface area contributed by atoms with Gasteiger partial charge in [0.05, 0.1) is 0 Å². The SMILES string of the molecule is CCC1=CN(C)NC=C1. The van der Waals surface area contributed by atoms with Crippen LogP contribution in [0, 0.1) is 0 Å². The van der Waals surface area contributed by atoms with Crippen LogP contribution in [-0.4, -0.2) is 12.1 Å². The van der Waals surface area contributed by atoms with Gasteiger partial charge in [-0.1, -0.05) is 6.92 Å². The maximum atomic E-state index is 3.02. The molecule has 1 aliphatic heterocycles. The van der Waals surface area contributed by atoms with Crippen molar-refractivity contribution in [2.75, 3.05) is 7.05 Å². The molecule has 0 bridgehead atoms. The Balaban J connectivity index is 2.59. The minimum Gasteiger partial charge on any atom is -0.306 e. The van der Waals surface area contributed by atoms with Crippen molar-refractivity contribution in [3.05, 3.63) is 24.0 Å². The molecule has 0 amide bonds. The van der Waals surface area contributed by atoms with Gasteiger partial charge in [0.15, 0.2) is 0 Å². The smallest absolute Gasteiger partial charge is 0.0274 e. The fourth-order valence-corrected chi connectivity index (χ4v) is 0.800. The van der Waals surface area contributed by atoms with Gasteiger partial charge in [0.25, 0.3) is 0 Å². The van der Waals surface area contributed by atoms with Crippen molar-refractivity contribution in [1.29, 1.82) is 0 Å². The highest BCUT2D eigenvalue weighted by molar-refractivity contribution is 5.19. The molecular formula is C7H12N2. The Kier molecular flexibility index (Phi) is 1.78. The van der Waals surface area contributed by atoms with Crippen LogP contribution in [0.3, 0.4) is 0 Å². The zero-order valence-corrected chi connectivity index (χ0v) is 5.89. The molecule has 9 heavy (non-hydrogen) atoms. The topological polar surface area (TPSA) is 15.3 Å². The highest BCUT2D eigenvalue weighted by atomic mass is 15.5. The Labute approximate surface area is 55.8 Å². The van der Waals surface area contributed by atoms with E-state index in [0.717, 1.165) is 6.42 Å². The summed E-state index contributed by atoms with van der Waals surface area (Å²) >= 11 is 0. The first-order valence-corrected chi connectivity index (χ1v) is 3.19. The molecule has 2 heteroatoms. The number of nitrogens with zero attached hydrogens (tertiary/aromatic N) is 1. The average Bonchev–Trinajstić information content (AvgIpc) is 1.88. The summed E-state index contributed by atoms with van der Waals surface area (Å²) < 4.78 is 0. The van der Waals surface area contributed by atoms with Crippen LogP contribution in [0.15, 0.2) is 24.0 Å². The summed E-state index contributed by atoms with van der Waals surface area (Å²) in [6.07, 6.45) is 7.21. The molecule has 1 N–H and O–H groups in total. The van der Waals surface area contributed by atoms with E-state index in [9.17, 15) is 0 Å². The van der Waals surface area contributed by atoms with Crippen LogP contribution in [0.25, 0.3) is 0 Å². The van der Waals surface area contributed by atoms with Gasteiger partial charge in [0.2, 0.25) is 0 Å². The lowest BCUT2D eigenvalue weighted by Gasteiger charge is -2.18. The zero-order valence-electron chi connectivity index (χ0n) is 5.89. The molecule has 1 aliphatic rings. The molecule has 0 atom stereocenters. The van der Waals surface area contributed by atoms with Gasteiger partial charge in [0, 0.05) is 19.4 Å². The van der Waals surface area contributed by atoms with E-state index in [1.165, 1.54) is 5.57 Å². The number of hydrazine groups is 1.